The molecule has 1 rings (SSSR count). The Morgan fingerprint density at radius 3 is 2.55 bits per heavy atom. The summed E-state index contributed by atoms with van der Waals surface area (Å²) in [5.41, 5.74) is -0.0549. The van der Waals surface area contributed by atoms with E-state index in [1.54, 1.807) is 0 Å². The summed E-state index contributed by atoms with van der Waals surface area (Å²) in [5, 5.41) is 13.3. The molecular formula is C17H36N2O. The largest absolute Gasteiger partial charge is 0.394 e. The van der Waals surface area contributed by atoms with Crippen LogP contribution >= 0.6 is 0 Å². The Hall–Kier alpha value is -0.120. The highest BCUT2D eigenvalue weighted by Crippen LogP contribution is 2.27. The van der Waals surface area contributed by atoms with Gasteiger partial charge in [-0.1, -0.05) is 20.8 Å². The van der Waals surface area contributed by atoms with Gasteiger partial charge in [-0.3, -0.25) is 4.90 Å². The lowest BCUT2D eigenvalue weighted by Crippen LogP contribution is -2.49. The van der Waals surface area contributed by atoms with Crippen molar-refractivity contribution in [1.29, 1.82) is 0 Å². The maximum absolute atomic E-state index is 9.77. The van der Waals surface area contributed by atoms with Gasteiger partial charge in [0.25, 0.3) is 0 Å². The van der Waals surface area contributed by atoms with Crippen molar-refractivity contribution in [2.45, 2.75) is 90.3 Å². The smallest absolute Gasteiger partial charge is 0.0613 e. The van der Waals surface area contributed by atoms with Crippen molar-refractivity contribution in [3.8, 4) is 0 Å². The Bertz CT molecular complexity index is 253. The summed E-state index contributed by atoms with van der Waals surface area (Å²) in [7, 11) is 0. The number of nitrogens with zero attached hydrogens (tertiary/aromatic N) is 1. The average molecular weight is 284 g/mol. The molecule has 0 amide bonds. The molecular weight excluding hydrogens is 248 g/mol. The zero-order valence-electron chi connectivity index (χ0n) is 14.1. The first-order valence-corrected chi connectivity index (χ1v) is 8.74. The van der Waals surface area contributed by atoms with E-state index in [1.807, 2.05) is 0 Å². The Kier molecular flexibility index (Phi) is 8.08. The lowest BCUT2D eigenvalue weighted by atomic mass is 9.90. The van der Waals surface area contributed by atoms with Crippen molar-refractivity contribution in [3.63, 3.8) is 0 Å². The van der Waals surface area contributed by atoms with E-state index < -0.39 is 0 Å². The van der Waals surface area contributed by atoms with E-state index in [0.29, 0.717) is 0 Å². The van der Waals surface area contributed by atoms with Gasteiger partial charge in [0.1, 0.15) is 0 Å². The minimum atomic E-state index is -0.0549. The molecule has 3 atom stereocenters. The van der Waals surface area contributed by atoms with Gasteiger partial charge in [-0.15, -0.1) is 0 Å². The summed E-state index contributed by atoms with van der Waals surface area (Å²) in [6.07, 6.45) is 8.40. The van der Waals surface area contributed by atoms with Crippen LogP contribution in [-0.2, 0) is 0 Å². The van der Waals surface area contributed by atoms with Gasteiger partial charge in [0.15, 0.2) is 0 Å². The molecule has 0 aromatic rings. The van der Waals surface area contributed by atoms with E-state index in [4.69, 9.17) is 0 Å². The van der Waals surface area contributed by atoms with Crippen LogP contribution in [0.4, 0.5) is 0 Å². The van der Waals surface area contributed by atoms with Crippen LogP contribution in [0.25, 0.3) is 0 Å². The molecule has 0 saturated carbocycles. The molecule has 3 heteroatoms. The van der Waals surface area contributed by atoms with Crippen molar-refractivity contribution in [1.82, 2.24) is 10.2 Å². The Balaban J connectivity index is 2.43. The normalized spacial score (nSPS) is 26.9. The minimum Gasteiger partial charge on any atom is -0.394 e. The zero-order valence-corrected chi connectivity index (χ0v) is 14.1. The quantitative estimate of drug-likeness (QED) is 0.647. The molecule has 2 N–H and O–H groups in total. The summed E-state index contributed by atoms with van der Waals surface area (Å²) in [6, 6.07) is 1.53. The number of aliphatic hydroxyl groups is 1. The van der Waals surface area contributed by atoms with E-state index in [0.717, 1.165) is 37.9 Å². The molecule has 0 aliphatic carbocycles. The first-order valence-electron chi connectivity index (χ1n) is 8.74. The Morgan fingerprint density at radius 1 is 1.25 bits per heavy atom. The highest BCUT2D eigenvalue weighted by molar-refractivity contribution is 4.88. The topological polar surface area (TPSA) is 35.5 Å². The van der Waals surface area contributed by atoms with Crippen LogP contribution in [0.3, 0.4) is 0 Å². The third-order valence-electron chi connectivity index (χ3n) is 5.23. The molecule has 1 aliphatic rings. The number of nitrogens with one attached hydrogen (secondary N) is 1. The average Bonchev–Trinajstić information content (AvgIpc) is 2.83. The lowest BCUT2D eigenvalue weighted by molar-refractivity contribution is 0.131. The SMILES string of the molecule is CCCNC(CC)(CO)CCCN1C(C)CCC1CC. The summed E-state index contributed by atoms with van der Waals surface area (Å²) in [6.45, 7) is 11.5. The van der Waals surface area contributed by atoms with Crippen molar-refractivity contribution in [2.24, 2.45) is 0 Å². The van der Waals surface area contributed by atoms with Gasteiger partial charge in [-0.2, -0.15) is 0 Å². The number of likely N-dealkylation sites (tertiary alicyclic amines) is 1. The summed E-state index contributed by atoms with van der Waals surface area (Å²) < 4.78 is 0. The molecule has 0 spiro atoms. The number of rotatable bonds is 10. The second kappa shape index (κ2) is 9.01. The molecule has 1 aliphatic heterocycles. The molecule has 3 nitrogen and oxygen atoms in total. The number of hydrogen-bond acceptors (Lipinski definition) is 3. The van der Waals surface area contributed by atoms with E-state index in [9.17, 15) is 5.11 Å². The van der Waals surface area contributed by atoms with Gasteiger partial charge in [0.05, 0.1) is 6.61 Å². The van der Waals surface area contributed by atoms with Gasteiger partial charge in [0.2, 0.25) is 0 Å². The monoisotopic (exact) mass is 284 g/mol. The molecule has 1 fully saturated rings. The fraction of sp³-hybridized carbons (Fsp3) is 1.00. The van der Waals surface area contributed by atoms with Crippen LogP contribution in [0.5, 0.6) is 0 Å². The van der Waals surface area contributed by atoms with Crippen LogP contribution in [0.15, 0.2) is 0 Å². The third-order valence-corrected chi connectivity index (χ3v) is 5.23. The second-order valence-electron chi connectivity index (χ2n) is 6.55. The number of hydrogen-bond donors (Lipinski definition) is 2. The van der Waals surface area contributed by atoms with Crippen molar-refractivity contribution in [3.05, 3.63) is 0 Å². The first kappa shape index (κ1) is 17.9. The summed E-state index contributed by atoms with van der Waals surface area (Å²) >= 11 is 0. The predicted octanol–water partition coefficient (Wildman–Crippen LogP) is 3.17. The highest BCUT2D eigenvalue weighted by Gasteiger charge is 2.30. The lowest BCUT2D eigenvalue weighted by Gasteiger charge is -2.34. The second-order valence-corrected chi connectivity index (χ2v) is 6.55. The van der Waals surface area contributed by atoms with Crippen LogP contribution in [0, 0.1) is 0 Å². The maximum atomic E-state index is 9.77. The van der Waals surface area contributed by atoms with Crippen LogP contribution in [-0.4, -0.2) is 47.3 Å². The molecule has 0 radical (unpaired) electrons. The highest BCUT2D eigenvalue weighted by atomic mass is 16.3. The van der Waals surface area contributed by atoms with Gasteiger partial charge in [-0.25, -0.2) is 0 Å². The fourth-order valence-corrected chi connectivity index (χ4v) is 3.59. The van der Waals surface area contributed by atoms with E-state index >= 15 is 0 Å². The van der Waals surface area contributed by atoms with E-state index in [-0.39, 0.29) is 12.1 Å². The molecule has 0 aromatic carbocycles. The fourth-order valence-electron chi connectivity index (χ4n) is 3.59. The Labute approximate surface area is 126 Å². The molecule has 120 valence electrons. The van der Waals surface area contributed by atoms with E-state index in [1.165, 1.54) is 32.2 Å². The molecule has 1 saturated heterocycles. The van der Waals surface area contributed by atoms with E-state index in [2.05, 4.69) is 37.9 Å². The number of aliphatic hydroxyl groups excluding tert-OH is 1. The molecule has 0 aromatic heterocycles. The van der Waals surface area contributed by atoms with Crippen LogP contribution in [0.1, 0.15) is 72.6 Å². The van der Waals surface area contributed by atoms with Crippen LogP contribution in [0.2, 0.25) is 0 Å². The minimum absolute atomic E-state index is 0.0549. The summed E-state index contributed by atoms with van der Waals surface area (Å²) in [4.78, 5) is 2.69. The summed E-state index contributed by atoms with van der Waals surface area (Å²) in [5.74, 6) is 0. The van der Waals surface area contributed by atoms with Gasteiger partial charge in [0, 0.05) is 17.6 Å². The molecule has 1 heterocycles. The molecule has 0 bridgehead atoms. The van der Waals surface area contributed by atoms with Crippen molar-refractivity contribution >= 4 is 0 Å². The maximum Gasteiger partial charge on any atom is 0.0613 e. The van der Waals surface area contributed by atoms with Crippen molar-refractivity contribution in [2.75, 3.05) is 19.7 Å². The third kappa shape index (κ3) is 4.71. The Morgan fingerprint density at radius 2 is 2.00 bits per heavy atom. The predicted molar refractivity (Wildman–Crippen MR) is 87.1 cm³/mol. The van der Waals surface area contributed by atoms with Gasteiger partial charge >= 0.3 is 0 Å². The molecule has 20 heavy (non-hydrogen) atoms. The van der Waals surface area contributed by atoms with Gasteiger partial charge < -0.3 is 10.4 Å². The standard InChI is InChI=1S/C17H36N2O/c1-5-12-18-17(7-3,14-20)11-8-13-19-15(4)9-10-16(19)6-2/h15-16,18,20H,5-14H2,1-4H3. The first-order chi connectivity index (χ1) is 9.62. The zero-order chi connectivity index (χ0) is 15.0. The molecule has 3 unspecified atom stereocenters. The van der Waals surface area contributed by atoms with Gasteiger partial charge in [-0.05, 0) is 65.0 Å². The van der Waals surface area contributed by atoms with Crippen molar-refractivity contribution < 1.29 is 5.11 Å². The van der Waals surface area contributed by atoms with Crippen LogP contribution < -0.4 is 5.32 Å².